The molecule has 0 spiro atoms. The van der Waals surface area contributed by atoms with Crippen molar-refractivity contribution in [1.82, 2.24) is 9.78 Å². The van der Waals surface area contributed by atoms with Crippen LogP contribution in [0.15, 0.2) is 36.5 Å². The molecule has 0 aliphatic heterocycles. The van der Waals surface area contributed by atoms with E-state index in [1.165, 1.54) is 10.7 Å². The molecule has 1 heterocycles. The maximum atomic E-state index is 11.5. The highest BCUT2D eigenvalue weighted by Crippen LogP contribution is 2.11. The average molecular weight is 244 g/mol. The van der Waals surface area contributed by atoms with E-state index in [0.29, 0.717) is 12.0 Å². The van der Waals surface area contributed by atoms with Crippen molar-refractivity contribution in [3.63, 3.8) is 0 Å². The lowest BCUT2D eigenvalue weighted by Gasteiger charge is -2.02. The molecule has 1 N–H and O–H groups in total. The Morgan fingerprint density at radius 1 is 1.22 bits per heavy atom. The molecule has 5 heteroatoms. The van der Waals surface area contributed by atoms with Gasteiger partial charge in [-0.05, 0) is 30.3 Å². The van der Waals surface area contributed by atoms with E-state index in [0.717, 1.165) is 5.69 Å². The van der Waals surface area contributed by atoms with E-state index in [4.69, 9.17) is 5.11 Å². The van der Waals surface area contributed by atoms with Gasteiger partial charge in [0.15, 0.2) is 11.5 Å². The molecule has 5 nitrogen and oxygen atoms in total. The van der Waals surface area contributed by atoms with Crippen molar-refractivity contribution in [3.05, 3.63) is 47.8 Å². The van der Waals surface area contributed by atoms with Crippen LogP contribution in [0.25, 0.3) is 5.69 Å². The summed E-state index contributed by atoms with van der Waals surface area (Å²) in [7, 11) is 0. The van der Waals surface area contributed by atoms with Crippen molar-refractivity contribution in [2.75, 3.05) is 0 Å². The van der Waals surface area contributed by atoms with Crippen molar-refractivity contribution in [2.24, 2.45) is 0 Å². The standard InChI is InChI=1S/C13H12N2O3/c1-2-12(16)9-3-5-10(6-4-9)15-8-7-11(14-15)13(17)18/h3-8H,2H2,1H3,(H,17,18). The van der Waals surface area contributed by atoms with Crippen molar-refractivity contribution >= 4 is 11.8 Å². The molecule has 2 rings (SSSR count). The number of rotatable bonds is 4. The van der Waals surface area contributed by atoms with Crippen molar-refractivity contribution in [2.45, 2.75) is 13.3 Å². The zero-order valence-electron chi connectivity index (χ0n) is 9.83. The van der Waals surface area contributed by atoms with Gasteiger partial charge >= 0.3 is 5.97 Å². The van der Waals surface area contributed by atoms with Crippen LogP contribution in [-0.4, -0.2) is 26.6 Å². The number of aromatic nitrogens is 2. The predicted molar refractivity (Wildman–Crippen MR) is 65.1 cm³/mol. The molecule has 0 aliphatic carbocycles. The second kappa shape index (κ2) is 4.83. The van der Waals surface area contributed by atoms with Crippen LogP contribution >= 0.6 is 0 Å². The summed E-state index contributed by atoms with van der Waals surface area (Å²) >= 11 is 0. The summed E-state index contributed by atoms with van der Waals surface area (Å²) in [6.45, 7) is 1.81. The van der Waals surface area contributed by atoms with Crippen LogP contribution in [0, 0.1) is 0 Å². The molecule has 0 fully saturated rings. The first-order chi connectivity index (χ1) is 8.61. The molecule has 0 aliphatic rings. The second-order valence-electron chi connectivity index (χ2n) is 3.77. The Morgan fingerprint density at radius 2 is 1.89 bits per heavy atom. The van der Waals surface area contributed by atoms with E-state index >= 15 is 0 Å². The van der Waals surface area contributed by atoms with E-state index in [1.54, 1.807) is 30.5 Å². The Bertz CT molecular complexity index is 585. The number of nitrogens with zero attached hydrogens (tertiary/aromatic N) is 2. The molecule has 18 heavy (non-hydrogen) atoms. The number of carbonyl (C=O) groups is 2. The van der Waals surface area contributed by atoms with Gasteiger partial charge in [-0.25, -0.2) is 9.48 Å². The van der Waals surface area contributed by atoms with Gasteiger partial charge in [-0.15, -0.1) is 0 Å². The number of aromatic carboxylic acids is 1. The lowest BCUT2D eigenvalue weighted by atomic mass is 10.1. The summed E-state index contributed by atoms with van der Waals surface area (Å²) in [4.78, 5) is 22.2. The highest BCUT2D eigenvalue weighted by molar-refractivity contribution is 5.95. The number of carbonyl (C=O) groups excluding carboxylic acids is 1. The number of hydrogen-bond donors (Lipinski definition) is 1. The molecule has 0 amide bonds. The van der Waals surface area contributed by atoms with Gasteiger partial charge in [0, 0.05) is 18.2 Å². The van der Waals surface area contributed by atoms with Crippen LogP contribution in [0.5, 0.6) is 0 Å². The molecule has 1 aromatic carbocycles. The van der Waals surface area contributed by atoms with Gasteiger partial charge in [-0.1, -0.05) is 6.92 Å². The summed E-state index contributed by atoms with van der Waals surface area (Å²) in [5.41, 5.74) is 1.35. The highest BCUT2D eigenvalue weighted by Gasteiger charge is 2.08. The smallest absolute Gasteiger partial charge is 0.356 e. The normalized spacial score (nSPS) is 10.3. The van der Waals surface area contributed by atoms with Gasteiger partial charge < -0.3 is 5.11 Å². The van der Waals surface area contributed by atoms with Crippen molar-refractivity contribution < 1.29 is 14.7 Å². The highest BCUT2D eigenvalue weighted by atomic mass is 16.4. The first kappa shape index (κ1) is 12.0. The van der Waals surface area contributed by atoms with Crippen LogP contribution in [-0.2, 0) is 0 Å². The van der Waals surface area contributed by atoms with E-state index in [-0.39, 0.29) is 11.5 Å². The summed E-state index contributed by atoms with van der Waals surface area (Å²) in [5, 5.41) is 12.7. The minimum atomic E-state index is -1.06. The number of benzene rings is 1. The Kier molecular flexibility index (Phi) is 3.23. The third kappa shape index (κ3) is 2.29. The fourth-order valence-electron chi connectivity index (χ4n) is 1.59. The molecular weight excluding hydrogens is 232 g/mol. The Labute approximate surface area is 104 Å². The lowest BCUT2D eigenvalue weighted by molar-refractivity contribution is 0.0689. The fourth-order valence-corrected chi connectivity index (χ4v) is 1.59. The van der Waals surface area contributed by atoms with Crippen molar-refractivity contribution in [1.29, 1.82) is 0 Å². The van der Waals surface area contributed by atoms with Gasteiger partial charge in [0.2, 0.25) is 0 Å². The summed E-state index contributed by atoms with van der Waals surface area (Å²) < 4.78 is 1.46. The molecule has 2 aromatic rings. The maximum Gasteiger partial charge on any atom is 0.356 e. The van der Waals surface area contributed by atoms with E-state index < -0.39 is 5.97 Å². The molecule has 0 unspecified atom stereocenters. The number of Topliss-reactive ketones (excluding diaryl/α,β-unsaturated/α-hetero) is 1. The number of carboxylic acids is 1. The molecule has 92 valence electrons. The largest absolute Gasteiger partial charge is 0.476 e. The monoisotopic (exact) mass is 244 g/mol. The molecule has 0 saturated carbocycles. The van der Waals surface area contributed by atoms with E-state index in [9.17, 15) is 9.59 Å². The average Bonchev–Trinajstić information content (AvgIpc) is 2.88. The quantitative estimate of drug-likeness (QED) is 0.836. The summed E-state index contributed by atoms with van der Waals surface area (Å²) in [6.07, 6.45) is 2.03. The molecule has 0 atom stereocenters. The fraction of sp³-hybridized carbons (Fsp3) is 0.154. The Morgan fingerprint density at radius 3 is 2.39 bits per heavy atom. The third-order valence-corrected chi connectivity index (χ3v) is 2.58. The predicted octanol–water partition coefficient (Wildman–Crippen LogP) is 2.16. The van der Waals surface area contributed by atoms with Gasteiger partial charge in [0.05, 0.1) is 5.69 Å². The Hall–Kier alpha value is -2.43. The van der Waals surface area contributed by atoms with Crippen LogP contribution < -0.4 is 0 Å². The number of ketones is 1. The summed E-state index contributed by atoms with van der Waals surface area (Å²) in [5.74, 6) is -0.986. The maximum absolute atomic E-state index is 11.5. The molecule has 0 saturated heterocycles. The van der Waals surface area contributed by atoms with Gasteiger partial charge in [0.25, 0.3) is 0 Å². The van der Waals surface area contributed by atoms with Crippen LogP contribution in [0.2, 0.25) is 0 Å². The van der Waals surface area contributed by atoms with Crippen LogP contribution in [0.4, 0.5) is 0 Å². The van der Waals surface area contributed by atoms with Gasteiger partial charge in [-0.2, -0.15) is 5.10 Å². The van der Waals surface area contributed by atoms with Crippen LogP contribution in [0.1, 0.15) is 34.2 Å². The SMILES string of the molecule is CCC(=O)c1ccc(-n2ccc(C(=O)O)n2)cc1. The zero-order chi connectivity index (χ0) is 13.1. The van der Waals surface area contributed by atoms with E-state index in [2.05, 4.69) is 5.10 Å². The molecule has 0 radical (unpaired) electrons. The molecule has 1 aromatic heterocycles. The molecule has 0 bridgehead atoms. The van der Waals surface area contributed by atoms with Crippen LogP contribution in [0.3, 0.4) is 0 Å². The van der Waals surface area contributed by atoms with Gasteiger partial charge in [0.1, 0.15) is 0 Å². The van der Waals surface area contributed by atoms with E-state index in [1.807, 2.05) is 6.92 Å². The first-order valence-corrected chi connectivity index (χ1v) is 5.54. The van der Waals surface area contributed by atoms with Gasteiger partial charge in [-0.3, -0.25) is 4.79 Å². The number of hydrogen-bond acceptors (Lipinski definition) is 3. The summed E-state index contributed by atoms with van der Waals surface area (Å²) in [6, 6.07) is 8.32. The zero-order valence-corrected chi connectivity index (χ0v) is 9.83. The minimum Gasteiger partial charge on any atom is -0.476 e. The lowest BCUT2D eigenvalue weighted by Crippen LogP contribution is -2.02. The van der Waals surface area contributed by atoms with Crippen molar-refractivity contribution in [3.8, 4) is 5.69 Å². The Balaban J connectivity index is 2.28. The molecular formula is C13H12N2O3. The third-order valence-electron chi connectivity index (χ3n) is 2.58. The minimum absolute atomic E-state index is 0.0105. The second-order valence-corrected chi connectivity index (χ2v) is 3.77. The topological polar surface area (TPSA) is 72.2 Å². The number of carboxylic acid groups (broad SMARTS) is 1. The first-order valence-electron chi connectivity index (χ1n) is 5.54.